The number of phosphoric ester groups is 1. The van der Waals surface area contributed by atoms with E-state index in [2.05, 4.69) is 86.8 Å². The molecule has 0 aromatic carbocycles. The normalized spacial score (nSPS) is 14.1. The Morgan fingerprint density at radius 2 is 0.981 bits per heavy atom. The summed E-state index contributed by atoms with van der Waals surface area (Å²) < 4.78 is 32.7. The van der Waals surface area contributed by atoms with E-state index in [-0.39, 0.29) is 32.6 Å². The summed E-state index contributed by atoms with van der Waals surface area (Å²) in [6.45, 7) is 3.59. The largest absolute Gasteiger partial charge is 0.472 e. The van der Waals surface area contributed by atoms with Gasteiger partial charge in [-0.25, -0.2) is 4.57 Å². The molecule has 0 aromatic heterocycles. The fraction of sp³-hybridized carbons (Fsp3) is 0.682. The lowest BCUT2D eigenvalue weighted by Crippen LogP contribution is -2.29. The van der Waals surface area contributed by atoms with E-state index in [0.29, 0.717) is 12.8 Å². The summed E-state index contributed by atoms with van der Waals surface area (Å²) in [6, 6.07) is 0. The molecule has 310 valence electrons. The van der Waals surface area contributed by atoms with Crippen molar-refractivity contribution in [2.24, 2.45) is 5.73 Å². The first-order chi connectivity index (χ1) is 26.3. The van der Waals surface area contributed by atoms with Crippen molar-refractivity contribution in [3.8, 4) is 0 Å². The van der Waals surface area contributed by atoms with E-state index >= 15 is 0 Å². The van der Waals surface area contributed by atoms with Crippen molar-refractivity contribution in [1.29, 1.82) is 0 Å². The van der Waals surface area contributed by atoms with Crippen LogP contribution in [-0.4, -0.2) is 49.3 Å². The van der Waals surface area contributed by atoms with Gasteiger partial charge in [0.25, 0.3) is 0 Å². The number of nitrogens with two attached hydrogens (primary N) is 1. The second-order valence-corrected chi connectivity index (χ2v) is 14.9. The molecule has 0 rings (SSSR count). The number of carbonyl (C=O) groups is 2. The number of hydrogen-bond acceptors (Lipinski definition) is 8. The van der Waals surface area contributed by atoms with Crippen LogP contribution >= 0.6 is 7.82 Å². The Kier molecular flexibility index (Phi) is 38.2. The Bertz CT molecular complexity index is 1110. The minimum atomic E-state index is -4.39. The molecular weight excluding hydrogens is 701 g/mol. The quantitative estimate of drug-likeness (QED) is 0.0272. The molecule has 0 saturated heterocycles. The Hall–Kier alpha value is -2.55. The number of rotatable bonds is 38. The van der Waals surface area contributed by atoms with E-state index in [1.807, 2.05) is 0 Å². The Morgan fingerprint density at radius 1 is 0.556 bits per heavy atom. The van der Waals surface area contributed by atoms with Crippen LogP contribution < -0.4 is 5.73 Å². The molecule has 0 aliphatic rings. The molecule has 0 aliphatic carbocycles. The molecule has 3 N–H and O–H groups in total. The molecule has 0 amide bonds. The van der Waals surface area contributed by atoms with Crippen LogP contribution in [0.25, 0.3) is 0 Å². The van der Waals surface area contributed by atoms with Crippen LogP contribution in [0.1, 0.15) is 162 Å². The molecule has 1 unspecified atom stereocenters. The zero-order valence-electron chi connectivity index (χ0n) is 33.9. The molecule has 10 heteroatoms. The van der Waals surface area contributed by atoms with E-state index in [0.717, 1.165) is 83.5 Å². The number of phosphoric acid groups is 1. The monoisotopic (exact) mass is 778 g/mol. The number of allylic oxidation sites excluding steroid dienone is 12. The van der Waals surface area contributed by atoms with Crippen LogP contribution in [0.4, 0.5) is 0 Å². The fourth-order valence-corrected chi connectivity index (χ4v) is 5.93. The molecule has 54 heavy (non-hydrogen) atoms. The maximum absolute atomic E-state index is 12.6. The first-order valence-electron chi connectivity index (χ1n) is 20.9. The Balaban J connectivity index is 4.28. The number of unbranched alkanes of at least 4 members (excludes halogenated alkanes) is 13. The summed E-state index contributed by atoms with van der Waals surface area (Å²) in [6.07, 6.45) is 47.8. The van der Waals surface area contributed by atoms with Gasteiger partial charge in [0.05, 0.1) is 13.2 Å². The summed E-state index contributed by atoms with van der Waals surface area (Å²) in [5, 5.41) is 0. The van der Waals surface area contributed by atoms with Gasteiger partial charge in [-0.3, -0.25) is 18.6 Å². The van der Waals surface area contributed by atoms with Gasteiger partial charge in [-0.2, -0.15) is 0 Å². The summed E-state index contributed by atoms with van der Waals surface area (Å²) in [7, 11) is -4.39. The zero-order chi connectivity index (χ0) is 39.6. The van der Waals surface area contributed by atoms with E-state index in [1.54, 1.807) is 0 Å². The molecule has 0 fully saturated rings. The molecule has 0 spiro atoms. The topological polar surface area (TPSA) is 134 Å². The molecule has 0 bridgehead atoms. The maximum atomic E-state index is 12.6. The number of esters is 2. The highest BCUT2D eigenvalue weighted by Crippen LogP contribution is 2.43. The van der Waals surface area contributed by atoms with Gasteiger partial charge in [-0.15, -0.1) is 0 Å². The smallest absolute Gasteiger partial charge is 0.462 e. The van der Waals surface area contributed by atoms with Gasteiger partial charge in [0, 0.05) is 19.4 Å². The molecule has 2 atom stereocenters. The van der Waals surface area contributed by atoms with E-state index < -0.39 is 32.5 Å². The third kappa shape index (κ3) is 39.2. The van der Waals surface area contributed by atoms with Crippen LogP contribution in [-0.2, 0) is 32.7 Å². The lowest BCUT2D eigenvalue weighted by molar-refractivity contribution is -0.161. The second kappa shape index (κ2) is 40.1. The van der Waals surface area contributed by atoms with Crippen LogP contribution in [0.2, 0.25) is 0 Å². The zero-order valence-corrected chi connectivity index (χ0v) is 34.8. The molecular formula is C44H76NO8P. The van der Waals surface area contributed by atoms with Crippen LogP contribution in [0, 0.1) is 0 Å². The van der Waals surface area contributed by atoms with Crippen molar-refractivity contribution in [3.05, 3.63) is 72.9 Å². The summed E-state index contributed by atoms with van der Waals surface area (Å²) >= 11 is 0. The first kappa shape index (κ1) is 51.5. The van der Waals surface area contributed by atoms with Crippen molar-refractivity contribution >= 4 is 19.8 Å². The van der Waals surface area contributed by atoms with Gasteiger partial charge < -0.3 is 20.1 Å². The second-order valence-electron chi connectivity index (χ2n) is 13.5. The van der Waals surface area contributed by atoms with Gasteiger partial charge in [0.1, 0.15) is 6.61 Å². The van der Waals surface area contributed by atoms with Crippen LogP contribution in [0.5, 0.6) is 0 Å². The van der Waals surface area contributed by atoms with Crippen molar-refractivity contribution in [3.63, 3.8) is 0 Å². The third-order valence-electron chi connectivity index (χ3n) is 8.31. The lowest BCUT2D eigenvalue weighted by atomic mass is 10.1. The fourth-order valence-electron chi connectivity index (χ4n) is 5.16. The van der Waals surface area contributed by atoms with Crippen molar-refractivity contribution < 1.29 is 37.6 Å². The maximum Gasteiger partial charge on any atom is 0.472 e. The Labute approximate surface area is 329 Å². The van der Waals surface area contributed by atoms with Crippen molar-refractivity contribution in [2.75, 3.05) is 26.4 Å². The standard InChI is InChI=1S/C44H76NO8P/c1-3-5-7-9-11-13-15-17-19-20-21-22-23-25-27-29-31-33-35-37-44(47)53-42(41-52-54(48,49)51-39-38-45)40-50-43(46)36-34-32-30-28-26-24-18-16-14-12-10-8-6-4-2/h10-13,16-19,21-22,25,27,42H,3-9,14-15,20,23-24,26,28-41,45H2,1-2H3,(H,48,49)/b12-10+,13-11+,18-16+,19-17+,22-21+,27-25+/t42-/m1/s1. The van der Waals surface area contributed by atoms with E-state index in [9.17, 15) is 19.0 Å². The Morgan fingerprint density at radius 3 is 1.50 bits per heavy atom. The first-order valence-corrected chi connectivity index (χ1v) is 22.4. The third-order valence-corrected chi connectivity index (χ3v) is 9.30. The van der Waals surface area contributed by atoms with Crippen molar-refractivity contribution in [1.82, 2.24) is 0 Å². The number of hydrogen-bond donors (Lipinski definition) is 2. The van der Waals surface area contributed by atoms with Gasteiger partial charge in [-0.05, 0) is 83.5 Å². The predicted octanol–water partition coefficient (Wildman–Crippen LogP) is 11.9. The van der Waals surface area contributed by atoms with Gasteiger partial charge in [0.2, 0.25) is 0 Å². The molecule has 0 radical (unpaired) electrons. The lowest BCUT2D eigenvalue weighted by Gasteiger charge is -2.19. The molecule has 0 aromatic rings. The summed E-state index contributed by atoms with van der Waals surface area (Å²) in [5.41, 5.74) is 5.34. The SMILES string of the molecule is CCCC/C=C/C/C=C/CCCCCCCC(=O)OC[C@H](COP(=O)(O)OCCN)OC(=O)CCCCC/C=C/C/C=C/C/C=C/C/C=C/CCCCC. The highest BCUT2D eigenvalue weighted by Gasteiger charge is 2.25. The van der Waals surface area contributed by atoms with Gasteiger partial charge in [0.15, 0.2) is 6.10 Å². The highest BCUT2D eigenvalue weighted by atomic mass is 31.2. The average molecular weight is 778 g/mol. The summed E-state index contributed by atoms with van der Waals surface area (Å²) in [5.74, 6) is -0.888. The van der Waals surface area contributed by atoms with Gasteiger partial charge >= 0.3 is 19.8 Å². The summed E-state index contributed by atoms with van der Waals surface area (Å²) in [4.78, 5) is 34.8. The van der Waals surface area contributed by atoms with Crippen molar-refractivity contribution in [2.45, 2.75) is 168 Å². The molecule has 0 heterocycles. The van der Waals surface area contributed by atoms with Crippen LogP contribution in [0.3, 0.4) is 0 Å². The molecule has 0 aliphatic heterocycles. The van der Waals surface area contributed by atoms with Crippen LogP contribution in [0.15, 0.2) is 72.9 Å². The number of carbonyl (C=O) groups excluding carboxylic acids is 2. The molecule has 0 saturated carbocycles. The average Bonchev–Trinajstić information content (AvgIpc) is 3.16. The minimum Gasteiger partial charge on any atom is -0.462 e. The minimum absolute atomic E-state index is 0.0421. The predicted molar refractivity (Wildman–Crippen MR) is 224 cm³/mol. The highest BCUT2D eigenvalue weighted by molar-refractivity contribution is 7.47. The van der Waals surface area contributed by atoms with Gasteiger partial charge in [-0.1, -0.05) is 138 Å². The molecule has 9 nitrogen and oxygen atoms in total. The number of ether oxygens (including phenoxy) is 2. The van der Waals surface area contributed by atoms with E-state index in [4.69, 9.17) is 24.3 Å². The van der Waals surface area contributed by atoms with E-state index in [1.165, 1.54) is 38.5 Å².